The fourth-order valence-electron chi connectivity index (χ4n) is 2.65. The molecule has 0 aliphatic heterocycles. The van der Waals surface area contributed by atoms with Crippen molar-refractivity contribution < 1.29 is 16.8 Å². The van der Waals surface area contributed by atoms with Gasteiger partial charge in [0.05, 0.1) is 9.79 Å². The molecule has 0 saturated carbocycles. The van der Waals surface area contributed by atoms with Gasteiger partial charge in [-0.05, 0) is 49.2 Å². The average molecular weight is 418 g/mol. The van der Waals surface area contributed by atoms with Crippen molar-refractivity contribution in [1.29, 1.82) is 0 Å². The molecule has 1 heterocycles. The zero-order valence-corrected chi connectivity index (χ0v) is 16.9. The van der Waals surface area contributed by atoms with Crippen LogP contribution < -0.4 is 9.44 Å². The Bertz CT molecular complexity index is 1130. The SMILES string of the molecule is Cc1ccccc1S(=O)(=O)Nc1cccc(NS(=O)(=O)c2ccccc2C)n1. The van der Waals surface area contributed by atoms with Gasteiger partial charge in [-0.1, -0.05) is 42.5 Å². The Morgan fingerprint density at radius 3 is 1.39 bits per heavy atom. The normalized spacial score (nSPS) is 11.8. The molecule has 0 radical (unpaired) electrons. The summed E-state index contributed by atoms with van der Waals surface area (Å²) in [5.74, 6) is 0.0153. The number of hydrogen-bond acceptors (Lipinski definition) is 5. The first-order valence-corrected chi connectivity index (χ1v) is 11.3. The molecule has 0 fully saturated rings. The molecular formula is C19H19N3O4S2. The standard InChI is InChI=1S/C19H19N3O4S2/c1-14-8-3-5-10-16(14)27(23,24)21-18-12-7-13-19(20-18)22-28(25,26)17-11-6-4-9-15(17)2/h3-13H,1-2H3,(H2,20,21,22). The highest BCUT2D eigenvalue weighted by atomic mass is 32.2. The lowest BCUT2D eigenvalue weighted by Gasteiger charge is -2.12. The van der Waals surface area contributed by atoms with E-state index >= 15 is 0 Å². The number of pyridine rings is 1. The minimum atomic E-state index is -3.85. The van der Waals surface area contributed by atoms with Gasteiger partial charge in [0.25, 0.3) is 20.0 Å². The molecule has 0 aliphatic carbocycles. The first-order valence-electron chi connectivity index (χ1n) is 8.33. The minimum absolute atomic E-state index is 0.00763. The van der Waals surface area contributed by atoms with Crippen molar-refractivity contribution in [2.24, 2.45) is 0 Å². The fraction of sp³-hybridized carbons (Fsp3) is 0.105. The summed E-state index contributed by atoms with van der Waals surface area (Å²) < 4.78 is 55.1. The number of anilines is 2. The van der Waals surface area contributed by atoms with Crippen LogP contribution in [0, 0.1) is 13.8 Å². The summed E-state index contributed by atoms with van der Waals surface area (Å²) in [6.07, 6.45) is 0. The first-order chi connectivity index (χ1) is 13.2. The Morgan fingerprint density at radius 1 is 0.607 bits per heavy atom. The second-order valence-electron chi connectivity index (χ2n) is 6.15. The smallest absolute Gasteiger partial charge is 0.263 e. The summed E-state index contributed by atoms with van der Waals surface area (Å²) >= 11 is 0. The van der Waals surface area contributed by atoms with Crippen molar-refractivity contribution in [3.8, 4) is 0 Å². The van der Waals surface area contributed by atoms with Gasteiger partial charge >= 0.3 is 0 Å². The van der Waals surface area contributed by atoms with Crippen LogP contribution in [-0.4, -0.2) is 21.8 Å². The summed E-state index contributed by atoms with van der Waals surface area (Å²) in [6.45, 7) is 3.38. The molecule has 0 aliphatic rings. The number of hydrogen-bond donors (Lipinski definition) is 2. The van der Waals surface area contributed by atoms with Gasteiger partial charge in [-0.15, -0.1) is 0 Å². The van der Waals surface area contributed by atoms with E-state index in [2.05, 4.69) is 14.4 Å². The summed E-state index contributed by atoms with van der Waals surface area (Å²) in [5, 5.41) is 0. The van der Waals surface area contributed by atoms with Gasteiger partial charge < -0.3 is 0 Å². The van der Waals surface area contributed by atoms with Crippen LogP contribution in [0.5, 0.6) is 0 Å². The number of rotatable bonds is 6. The van der Waals surface area contributed by atoms with E-state index in [1.54, 1.807) is 50.2 Å². The highest BCUT2D eigenvalue weighted by molar-refractivity contribution is 7.93. The molecule has 0 atom stereocenters. The number of sulfonamides is 2. The molecule has 146 valence electrons. The van der Waals surface area contributed by atoms with E-state index in [1.165, 1.54) is 30.3 Å². The van der Waals surface area contributed by atoms with E-state index in [9.17, 15) is 16.8 Å². The second kappa shape index (κ2) is 7.61. The predicted octanol–water partition coefficient (Wildman–Crippen LogP) is 3.30. The fourth-order valence-corrected chi connectivity index (χ4v) is 5.15. The maximum absolute atomic E-state index is 12.6. The molecule has 0 amide bonds. The molecule has 2 aromatic carbocycles. The highest BCUT2D eigenvalue weighted by Gasteiger charge is 2.19. The molecule has 7 nitrogen and oxygen atoms in total. The first kappa shape index (κ1) is 19.8. The van der Waals surface area contributed by atoms with E-state index in [-0.39, 0.29) is 21.4 Å². The van der Waals surface area contributed by atoms with Gasteiger partial charge in [-0.25, -0.2) is 21.8 Å². The van der Waals surface area contributed by atoms with Crippen molar-refractivity contribution in [3.63, 3.8) is 0 Å². The number of aryl methyl sites for hydroxylation is 2. The molecule has 9 heteroatoms. The summed E-state index contributed by atoms with van der Waals surface area (Å²) in [5.41, 5.74) is 1.18. The Morgan fingerprint density at radius 2 is 1.00 bits per heavy atom. The Kier molecular flexibility index (Phi) is 5.39. The summed E-state index contributed by atoms with van der Waals surface area (Å²) in [7, 11) is -7.71. The molecular weight excluding hydrogens is 398 g/mol. The van der Waals surface area contributed by atoms with Crippen LogP contribution in [0.2, 0.25) is 0 Å². The monoisotopic (exact) mass is 417 g/mol. The highest BCUT2D eigenvalue weighted by Crippen LogP contribution is 2.21. The van der Waals surface area contributed by atoms with Crippen LogP contribution >= 0.6 is 0 Å². The quantitative estimate of drug-likeness (QED) is 0.640. The maximum atomic E-state index is 12.6. The van der Waals surface area contributed by atoms with Crippen molar-refractivity contribution >= 4 is 31.7 Å². The molecule has 2 N–H and O–H groups in total. The Labute approximate surface area is 164 Å². The average Bonchev–Trinajstić information content (AvgIpc) is 2.61. The summed E-state index contributed by atoms with van der Waals surface area (Å²) in [6, 6.07) is 17.5. The minimum Gasteiger partial charge on any atom is -0.263 e. The lowest BCUT2D eigenvalue weighted by atomic mass is 10.2. The number of nitrogens with one attached hydrogen (secondary N) is 2. The third kappa shape index (κ3) is 4.32. The Hall–Kier alpha value is -2.91. The van der Waals surface area contributed by atoms with Crippen molar-refractivity contribution in [1.82, 2.24) is 4.98 Å². The van der Waals surface area contributed by atoms with Gasteiger partial charge in [0, 0.05) is 0 Å². The molecule has 1 aromatic heterocycles. The van der Waals surface area contributed by atoms with E-state index in [4.69, 9.17) is 0 Å². The van der Waals surface area contributed by atoms with Crippen LogP contribution in [0.4, 0.5) is 11.6 Å². The maximum Gasteiger partial charge on any atom is 0.263 e. The van der Waals surface area contributed by atoms with Crippen LogP contribution in [0.1, 0.15) is 11.1 Å². The molecule has 0 spiro atoms. The number of benzene rings is 2. The second-order valence-corrected chi connectivity index (χ2v) is 9.45. The van der Waals surface area contributed by atoms with Gasteiger partial charge in [0.1, 0.15) is 11.6 Å². The molecule has 0 saturated heterocycles. The molecule has 3 aromatic rings. The van der Waals surface area contributed by atoms with E-state index in [0.717, 1.165) is 0 Å². The van der Waals surface area contributed by atoms with Gasteiger partial charge in [-0.2, -0.15) is 0 Å². The van der Waals surface area contributed by atoms with Crippen molar-refractivity contribution in [2.45, 2.75) is 23.6 Å². The number of nitrogens with zero attached hydrogens (tertiary/aromatic N) is 1. The van der Waals surface area contributed by atoms with E-state index < -0.39 is 20.0 Å². The molecule has 28 heavy (non-hydrogen) atoms. The lowest BCUT2D eigenvalue weighted by molar-refractivity contribution is 0.599. The van der Waals surface area contributed by atoms with Gasteiger partial charge in [0.15, 0.2) is 0 Å². The van der Waals surface area contributed by atoms with E-state index in [0.29, 0.717) is 11.1 Å². The largest absolute Gasteiger partial charge is 0.263 e. The van der Waals surface area contributed by atoms with Crippen LogP contribution in [-0.2, 0) is 20.0 Å². The summed E-state index contributed by atoms with van der Waals surface area (Å²) in [4.78, 5) is 4.33. The van der Waals surface area contributed by atoms with Crippen LogP contribution in [0.25, 0.3) is 0 Å². The Balaban J connectivity index is 1.87. The number of aromatic nitrogens is 1. The topological polar surface area (TPSA) is 105 Å². The van der Waals surface area contributed by atoms with E-state index in [1.807, 2.05) is 0 Å². The predicted molar refractivity (Wildman–Crippen MR) is 108 cm³/mol. The van der Waals surface area contributed by atoms with Crippen molar-refractivity contribution in [2.75, 3.05) is 9.44 Å². The zero-order valence-electron chi connectivity index (χ0n) is 15.2. The molecule has 0 bridgehead atoms. The van der Waals surface area contributed by atoms with Crippen LogP contribution in [0.15, 0.2) is 76.5 Å². The van der Waals surface area contributed by atoms with Gasteiger partial charge in [-0.3, -0.25) is 9.44 Å². The van der Waals surface area contributed by atoms with Gasteiger partial charge in [0.2, 0.25) is 0 Å². The third-order valence-corrected chi connectivity index (χ3v) is 7.02. The van der Waals surface area contributed by atoms with Crippen molar-refractivity contribution in [3.05, 3.63) is 77.9 Å². The lowest BCUT2D eigenvalue weighted by Crippen LogP contribution is -2.17. The zero-order chi connectivity index (χ0) is 20.4. The molecule has 3 rings (SSSR count). The third-order valence-electron chi connectivity index (χ3n) is 3.99. The van der Waals surface area contributed by atoms with Crippen LogP contribution in [0.3, 0.4) is 0 Å². The molecule has 0 unspecified atom stereocenters.